The molecule has 1 aliphatic carbocycles. The number of hydrogen-bond acceptors (Lipinski definition) is 2. The van der Waals surface area contributed by atoms with Crippen LogP contribution < -0.4 is 5.56 Å². The van der Waals surface area contributed by atoms with E-state index in [-0.39, 0.29) is 5.56 Å². The van der Waals surface area contributed by atoms with Crippen LogP contribution in [0.4, 0.5) is 0 Å². The molecule has 3 heteroatoms. The topological polar surface area (TPSA) is 42.1 Å². The number of H-pyrrole nitrogens is 1. The third kappa shape index (κ3) is 1.69. The van der Waals surface area contributed by atoms with Crippen molar-refractivity contribution in [2.45, 2.75) is 44.6 Å². The molecule has 0 spiro atoms. The van der Waals surface area contributed by atoms with Crippen molar-refractivity contribution in [3.63, 3.8) is 0 Å². The highest BCUT2D eigenvalue weighted by atomic mass is 16.5. The van der Waals surface area contributed by atoms with E-state index in [0.717, 1.165) is 24.3 Å². The Kier molecular flexibility index (Phi) is 2.56. The van der Waals surface area contributed by atoms with Gasteiger partial charge in [0.05, 0.1) is 13.2 Å². The summed E-state index contributed by atoms with van der Waals surface area (Å²) >= 11 is 0. The minimum atomic E-state index is 0.0686. The van der Waals surface area contributed by atoms with Gasteiger partial charge in [-0.05, 0) is 36.8 Å². The molecule has 86 valence electrons. The van der Waals surface area contributed by atoms with E-state index < -0.39 is 0 Å². The molecule has 2 aliphatic rings. The fourth-order valence-corrected chi connectivity index (χ4v) is 2.86. The summed E-state index contributed by atoms with van der Waals surface area (Å²) in [5.74, 6) is 0.584. The van der Waals surface area contributed by atoms with Crippen molar-refractivity contribution in [3.8, 4) is 0 Å². The van der Waals surface area contributed by atoms with Gasteiger partial charge in [0.1, 0.15) is 0 Å². The fraction of sp³-hybridized carbons (Fsp3) is 0.615. The molecule has 16 heavy (non-hydrogen) atoms. The molecule has 0 aromatic carbocycles. The Bertz CT molecular complexity index is 444. The van der Waals surface area contributed by atoms with Crippen LogP contribution in [0.25, 0.3) is 0 Å². The van der Waals surface area contributed by atoms with E-state index in [4.69, 9.17) is 4.74 Å². The molecule has 0 atom stereocenters. The van der Waals surface area contributed by atoms with Crippen LogP contribution >= 0.6 is 0 Å². The van der Waals surface area contributed by atoms with E-state index in [1.54, 1.807) is 0 Å². The molecule has 1 N–H and O–H groups in total. The van der Waals surface area contributed by atoms with Crippen molar-refractivity contribution in [1.29, 1.82) is 0 Å². The Morgan fingerprint density at radius 1 is 1.31 bits per heavy atom. The van der Waals surface area contributed by atoms with E-state index in [1.807, 2.05) is 0 Å². The summed E-state index contributed by atoms with van der Waals surface area (Å²) in [6.07, 6.45) is 5.94. The van der Waals surface area contributed by atoms with Crippen LogP contribution in [0.15, 0.2) is 10.9 Å². The van der Waals surface area contributed by atoms with Gasteiger partial charge in [0.2, 0.25) is 0 Å². The number of aromatic nitrogens is 1. The monoisotopic (exact) mass is 219 g/mol. The average Bonchev–Trinajstić information content (AvgIpc) is 2.82. The van der Waals surface area contributed by atoms with Crippen LogP contribution in [-0.4, -0.2) is 11.6 Å². The summed E-state index contributed by atoms with van der Waals surface area (Å²) in [5.41, 5.74) is 3.27. The lowest BCUT2D eigenvalue weighted by atomic mass is 9.98. The van der Waals surface area contributed by atoms with Gasteiger partial charge in [0.15, 0.2) is 0 Å². The van der Waals surface area contributed by atoms with E-state index in [0.29, 0.717) is 12.5 Å². The van der Waals surface area contributed by atoms with Gasteiger partial charge in [0, 0.05) is 11.3 Å². The molecular weight excluding hydrogens is 202 g/mol. The van der Waals surface area contributed by atoms with Crippen LogP contribution in [-0.2, 0) is 17.8 Å². The van der Waals surface area contributed by atoms with Crippen LogP contribution in [0.2, 0.25) is 0 Å². The van der Waals surface area contributed by atoms with Gasteiger partial charge in [0.25, 0.3) is 5.56 Å². The van der Waals surface area contributed by atoms with E-state index in [9.17, 15) is 4.79 Å². The van der Waals surface area contributed by atoms with Crippen LogP contribution in [0.5, 0.6) is 0 Å². The predicted molar refractivity (Wildman–Crippen MR) is 61.6 cm³/mol. The molecule has 3 rings (SSSR count). The summed E-state index contributed by atoms with van der Waals surface area (Å²) in [4.78, 5) is 14.9. The van der Waals surface area contributed by atoms with Crippen molar-refractivity contribution in [3.05, 3.63) is 33.2 Å². The number of pyridine rings is 1. The minimum absolute atomic E-state index is 0.0686. The second-order valence-corrected chi connectivity index (χ2v) is 4.84. The molecule has 1 fully saturated rings. The van der Waals surface area contributed by atoms with E-state index >= 15 is 0 Å². The summed E-state index contributed by atoms with van der Waals surface area (Å²) < 4.78 is 5.32. The first-order valence-corrected chi connectivity index (χ1v) is 6.17. The zero-order chi connectivity index (χ0) is 11.0. The van der Waals surface area contributed by atoms with Crippen molar-refractivity contribution in [2.75, 3.05) is 6.61 Å². The van der Waals surface area contributed by atoms with Crippen LogP contribution in [0.3, 0.4) is 0 Å². The molecule has 0 saturated heterocycles. The van der Waals surface area contributed by atoms with Gasteiger partial charge in [-0.25, -0.2) is 0 Å². The van der Waals surface area contributed by atoms with Gasteiger partial charge < -0.3 is 9.72 Å². The standard InChI is InChI=1S/C13H17NO2/c15-13-11-8-16-6-5-10(11)7-12(14-13)9-3-1-2-4-9/h7,9H,1-6,8H2,(H,14,15). The lowest BCUT2D eigenvalue weighted by molar-refractivity contribution is 0.109. The molecule has 1 aromatic heterocycles. The summed E-state index contributed by atoms with van der Waals surface area (Å²) in [7, 11) is 0. The average molecular weight is 219 g/mol. The molecule has 1 aliphatic heterocycles. The number of hydrogen-bond donors (Lipinski definition) is 1. The zero-order valence-electron chi connectivity index (χ0n) is 9.42. The highest BCUT2D eigenvalue weighted by molar-refractivity contribution is 5.29. The lowest BCUT2D eigenvalue weighted by Crippen LogP contribution is -2.23. The van der Waals surface area contributed by atoms with Crippen molar-refractivity contribution < 1.29 is 4.74 Å². The smallest absolute Gasteiger partial charge is 0.253 e. The molecule has 0 radical (unpaired) electrons. The zero-order valence-corrected chi connectivity index (χ0v) is 9.42. The Labute approximate surface area is 94.8 Å². The molecule has 1 aromatic rings. The number of fused-ring (bicyclic) bond motifs is 1. The predicted octanol–water partition coefficient (Wildman–Crippen LogP) is 2.11. The Morgan fingerprint density at radius 3 is 2.94 bits per heavy atom. The van der Waals surface area contributed by atoms with E-state index in [2.05, 4.69) is 11.1 Å². The number of aromatic amines is 1. The number of ether oxygens (including phenoxy) is 1. The molecule has 0 unspecified atom stereocenters. The maximum absolute atomic E-state index is 11.9. The van der Waals surface area contributed by atoms with Gasteiger partial charge in [-0.15, -0.1) is 0 Å². The first-order chi connectivity index (χ1) is 7.84. The number of rotatable bonds is 1. The summed E-state index contributed by atoms with van der Waals surface area (Å²) in [6, 6.07) is 2.20. The van der Waals surface area contributed by atoms with Gasteiger partial charge in [-0.1, -0.05) is 12.8 Å². The van der Waals surface area contributed by atoms with Crippen LogP contribution in [0.1, 0.15) is 48.4 Å². The normalized spacial score (nSPS) is 21.0. The SMILES string of the molecule is O=c1[nH]c(C2CCCC2)cc2c1COCC2. The maximum Gasteiger partial charge on any atom is 0.253 e. The summed E-state index contributed by atoms with van der Waals surface area (Å²) in [6.45, 7) is 1.23. The molecule has 3 nitrogen and oxygen atoms in total. The van der Waals surface area contributed by atoms with Gasteiger partial charge in [-0.2, -0.15) is 0 Å². The third-order valence-corrected chi connectivity index (χ3v) is 3.81. The highest BCUT2D eigenvalue weighted by Gasteiger charge is 2.21. The van der Waals surface area contributed by atoms with Crippen LogP contribution in [0, 0.1) is 0 Å². The first kappa shape index (κ1) is 10.1. The molecule has 1 saturated carbocycles. The second kappa shape index (κ2) is 4.06. The fourth-order valence-electron chi connectivity index (χ4n) is 2.86. The minimum Gasteiger partial charge on any atom is -0.376 e. The van der Waals surface area contributed by atoms with Gasteiger partial charge in [-0.3, -0.25) is 4.79 Å². The lowest BCUT2D eigenvalue weighted by Gasteiger charge is -2.18. The molecular formula is C13H17NO2. The molecule has 0 bridgehead atoms. The quantitative estimate of drug-likeness (QED) is 0.786. The maximum atomic E-state index is 11.9. The molecule has 0 amide bonds. The van der Waals surface area contributed by atoms with Crippen molar-refractivity contribution >= 4 is 0 Å². The second-order valence-electron chi connectivity index (χ2n) is 4.84. The molecule has 2 heterocycles. The number of nitrogens with one attached hydrogen (secondary N) is 1. The van der Waals surface area contributed by atoms with E-state index in [1.165, 1.54) is 31.2 Å². The Hall–Kier alpha value is -1.09. The largest absolute Gasteiger partial charge is 0.376 e. The highest BCUT2D eigenvalue weighted by Crippen LogP contribution is 2.33. The third-order valence-electron chi connectivity index (χ3n) is 3.81. The Balaban J connectivity index is 2.01. The van der Waals surface area contributed by atoms with Crippen molar-refractivity contribution in [1.82, 2.24) is 4.98 Å². The summed E-state index contributed by atoms with van der Waals surface area (Å²) in [5, 5.41) is 0. The Morgan fingerprint density at radius 2 is 2.12 bits per heavy atom. The first-order valence-electron chi connectivity index (χ1n) is 6.17. The van der Waals surface area contributed by atoms with Crippen molar-refractivity contribution in [2.24, 2.45) is 0 Å². The van der Waals surface area contributed by atoms with Gasteiger partial charge >= 0.3 is 0 Å².